The second-order valence-corrected chi connectivity index (χ2v) is 5.54. The summed E-state index contributed by atoms with van der Waals surface area (Å²) in [6.07, 6.45) is 6.88. The van der Waals surface area contributed by atoms with Gasteiger partial charge in [0.25, 0.3) is 0 Å². The van der Waals surface area contributed by atoms with Crippen molar-refractivity contribution in [3.8, 4) is 0 Å². The Morgan fingerprint density at radius 3 is 3.00 bits per heavy atom. The van der Waals surface area contributed by atoms with Crippen LogP contribution in [-0.2, 0) is 12.8 Å². The Morgan fingerprint density at radius 1 is 1.25 bits per heavy atom. The fraction of sp³-hybridized carbons (Fsp3) is 0.467. The van der Waals surface area contributed by atoms with Crippen LogP contribution in [0.4, 0.5) is 10.3 Å². The number of hydrogen-bond acceptors (Lipinski definition) is 3. The molecule has 1 aliphatic heterocycles. The number of aromatic nitrogens is 3. The molecule has 0 bridgehead atoms. The number of nitrogens with one attached hydrogen (secondary N) is 1. The Morgan fingerprint density at radius 2 is 2.15 bits per heavy atom. The topological polar surface area (TPSA) is 42.7 Å². The first-order valence-corrected chi connectivity index (χ1v) is 7.28. The predicted octanol–water partition coefficient (Wildman–Crippen LogP) is 2.70. The number of fused-ring (bicyclic) bond motifs is 3. The van der Waals surface area contributed by atoms with Crippen molar-refractivity contribution in [2.75, 3.05) is 11.9 Å². The van der Waals surface area contributed by atoms with E-state index in [1.54, 1.807) is 6.07 Å². The van der Waals surface area contributed by atoms with Gasteiger partial charge in [0.05, 0.1) is 23.6 Å². The van der Waals surface area contributed by atoms with Gasteiger partial charge in [-0.15, -0.1) is 0 Å². The highest BCUT2D eigenvalue weighted by molar-refractivity contribution is 5.40. The average molecular weight is 272 g/mol. The fourth-order valence-electron chi connectivity index (χ4n) is 3.34. The van der Waals surface area contributed by atoms with Gasteiger partial charge in [-0.3, -0.25) is 4.98 Å². The van der Waals surface area contributed by atoms with Crippen LogP contribution in [0, 0.1) is 5.82 Å². The second-order valence-electron chi connectivity index (χ2n) is 5.54. The van der Waals surface area contributed by atoms with Crippen molar-refractivity contribution in [2.24, 2.45) is 0 Å². The van der Waals surface area contributed by atoms with Crippen LogP contribution < -0.4 is 5.32 Å². The number of imidazole rings is 1. The van der Waals surface area contributed by atoms with Crippen LogP contribution in [0.5, 0.6) is 0 Å². The molecule has 0 fully saturated rings. The third-order valence-corrected chi connectivity index (χ3v) is 4.27. The van der Waals surface area contributed by atoms with E-state index in [-0.39, 0.29) is 11.9 Å². The summed E-state index contributed by atoms with van der Waals surface area (Å²) >= 11 is 0. The molecule has 0 radical (unpaired) electrons. The smallest absolute Gasteiger partial charge is 0.203 e. The van der Waals surface area contributed by atoms with Crippen molar-refractivity contribution < 1.29 is 4.39 Å². The molecule has 0 amide bonds. The summed E-state index contributed by atoms with van der Waals surface area (Å²) in [5, 5.41) is 3.38. The van der Waals surface area contributed by atoms with Crippen molar-refractivity contribution in [1.29, 1.82) is 0 Å². The highest BCUT2D eigenvalue weighted by atomic mass is 19.1. The molecule has 4 nitrogen and oxygen atoms in total. The van der Waals surface area contributed by atoms with Gasteiger partial charge in [0.1, 0.15) is 5.82 Å². The zero-order valence-electron chi connectivity index (χ0n) is 11.3. The first-order chi connectivity index (χ1) is 9.83. The Balaban J connectivity index is 1.81. The highest BCUT2D eigenvalue weighted by Gasteiger charge is 2.29. The van der Waals surface area contributed by atoms with E-state index in [1.807, 2.05) is 0 Å². The van der Waals surface area contributed by atoms with E-state index in [0.29, 0.717) is 0 Å². The molecule has 0 spiro atoms. The van der Waals surface area contributed by atoms with E-state index in [4.69, 9.17) is 4.98 Å². The maximum Gasteiger partial charge on any atom is 0.203 e. The lowest BCUT2D eigenvalue weighted by atomic mass is 9.99. The van der Waals surface area contributed by atoms with Gasteiger partial charge < -0.3 is 9.88 Å². The summed E-state index contributed by atoms with van der Waals surface area (Å²) in [5.41, 5.74) is 3.50. The quantitative estimate of drug-likeness (QED) is 0.868. The minimum absolute atomic E-state index is 0.182. The molecule has 104 valence electrons. The van der Waals surface area contributed by atoms with Crippen LogP contribution in [0.25, 0.3) is 0 Å². The summed E-state index contributed by atoms with van der Waals surface area (Å²) in [5.74, 6) is 0.676. The molecular formula is C15H17FN4. The van der Waals surface area contributed by atoms with Gasteiger partial charge in [-0.05, 0) is 44.2 Å². The Bertz CT molecular complexity index is 632. The number of aryl methyl sites for hydroxylation is 1. The number of halogens is 1. The van der Waals surface area contributed by atoms with Gasteiger partial charge >= 0.3 is 0 Å². The maximum absolute atomic E-state index is 13.1. The maximum atomic E-state index is 13.1. The van der Waals surface area contributed by atoms with E-state index in [2.05, 4.69) is 14.9 Å². The van der Waals surface area contributed by atoms with E-state index < -0.39 is 0 Å². The van der Waals surface area contributed by atoms with Crippen LogP contribution in [-0.4, -0.2) is 21.1 Å². The summed E-state index contributed by atoms with van der Waals surface area (Å²) in [4.78, 5) is 9.01. The molecule has 1 unspecified atom stereocenters. The highest BCUT2D eigenvalue weighted by Crippen LogP contribution is 2.34. The van der Waals surface area contributed by atoms with Gasteiger partial charge in [-0.2, -0.15) is 0 Å². The monoisotopic (exact) mass is 272 g/mol. The molecular weight excluding hydrogens is 255 g/mol. The molecule has 2 aromatic rings. The van der Waals surface area contributed by atoms with Crippen molar-refractivity contribution >= 4 is 5.95 Å². The van der Waals surface area contributed by atoms with Crippen LogP contribution >= 0.6 is 0 Å². The standard InChI is InChI=1S/C15H17FN4/c16-10-5-6-11(18-9-10)14-7-8-17-15-19-12-3-1-2-4-13(12)20(14)15/h5-6,9,14H,1-4,7-8H2,(H,17,19). The molecule has 2 aliphatic rings. The molecule has 1 N–H and O–H groups in total. The van der Waals surface area contributed by atoms with Crippen molar-refractivity contribution in [3.05, 3.63) is 41.2 Å². The summed E-state index contributed by atoms with van der Waals surface area (Å²) in [7, 11) is 0. The van der Waals surface area contributed by atoms with Crippen molar-refractivity contribution in [3.63, 3.8) is 0 Å². The van der Waals surface area contributed by atoms with Crippen LogP contribution in [0.15, 0.2) is 18.3 Å². The third kappa shape index (κ3) is 1.80. The second kappa shape index (κ2) is 4.58. The average Bonchev–Trinajstić information content (AvgIpc) is 2.86. The Labute approximate surface area is 117 Å². The van der Waals surface area contributed by atoms with E-state index in [0.717, 1.165) is 37.4 Å². The molecule has 0 saturated carbocycles. The lowest BCUT2D eigenvalue weighted by Gasteiger charge is -2.28. The van der Waals surface area contributed by atoms with Gasteiger partial charge in [-0.1, -0.05) is 0 Å². The number of anilines is 1. The lowest BCUT2D eigenvalue weighted by Crippen LogP contribution is -2.26. The van der Waals surface area contributed by atoms with E-state index in [1.165, 1.54) is 36.5 Å². The number of pyridine rings is 1. The van der Waals surface area contributed by atoms with Crippen LogP contribution in [0.1, 0.15) is 42.4 Å². The van der Waals surface area contributed by atoms with Gasteiger partial charge in [0.15, 0.2) is 0 Å². The molecule has 4 rings (SSSR count). The van der Waals surface area contributed by atoms with Gasteiger partial charge in [0, 0.05) is 12.2 Å². The number of rotatable bonds is 1. The normalized spacial score (nSPS) is 20.9. The minimum atomic E-state index is -0.282. The zero-order valence-corrected chi connectivity index (χ0v) is 11.3. The predicted molar refractivity (Wildman–Crippen MR) is 74.3 cm³/mol. The summed E-state index contributed by atoms with van der Waals surface area (Å²) < 4.78 is 15.4. The molecule has 3 heterocycles. The lowest BCUT2D eigenvalue weighted by molar-refractivity contribution is 0.489. The van der Waals surface area contributed by atoms with Crippen molar-refractivity contribution in [2.45, 2.75) is 38.1 Å². The minimum Gasteiger partial charge on any atom is -0.356 e. The van der Waals surface area contributed by atoms with Crippen molar-refractivity contribution in [1.82, 2.24) is 14.5 Å². The Kier molecular flexibility index (Phi) is 2.72. The van der Waals surface area contributed by atoms with Gasteiger partial charge in [-0.25, -0.2) is 9.37 Å². The molecule has 0 saturated heterocycles. The van der Waals surface area contributed by atoms with Gasteiger partial charge in [0.2, 0.25) is 5.95 Å². The largest absolute Gasteiger partial charge is 0.356 e. The van der Waals surface area contributed by atoms with E-state index >= 15 is 0 Å². The number of nitrogens with zero attached hydrogens (tertiary/aromatic N) is 3. The zero-order chi connectivity index (χ0) is 13.5. The Hall–Kier alpha value is -1.91. The summed E-state index contributed by atoms with van der Waals surface area (Å²) in [6, 6.07) is 3.47. The fourth-order valence-corrected chi connectivity index (χ4v) is 3.34. The SMILES string of the molecule is Fc1ccc(C2CCNc3nc4c(n32)CCCC4)nc1. The molecule has 1 aliphatic carbocycles. The van der Waals surface area contributed by atoms with E-state index in [9.17, 15) is 4.39 Å². The number of hydrogen-bond donors (Lipinski definition) is 1. The molecule has 0 aromatic carbocycles. The molecule has 1 atom stereocenters. The van der Waals surface area contributed by atoms with Crippen LogP contribution in [0.2, 0.25) is 0 Å². The molecule has 2 aromatic heterocycles. The summed E-state index contributed by atoms with van der Waals surface area (Å²) in [6.45, 7) is 0.889. The molecule has 20 heavy (non-hydrogen) atoms. The molecule has 5 heteroatoms. The third-order valence-electron chi connectivity index (χ3n) is 4.27. The first kappa shape index (κ1) is 11.9. The first-order valence-electron chi connectivity index (χ1n) is 7.28. The van der Waals surface area contributed by atoms with Crippen LogP contribution in [0.3, 0.4) is 0 Å².